The van der Waals surface area contributed by atoms with Crippen LogP contribution in [0.4, 0.5) is 21.4 Å². The fraction of sp³-hybridized carbons (Fsp3) is 0.0714. The van der Waals surface area contributed by atoms with Gasteiger partial charge in [-0.05, 0) is 29.7 Å². The number of carbonyl (C=O) groups is 1. The van der Waals surface area contributed by atoms with E-state index >= 15 is 0 Å². The number of amides is 2. The second-order valence-electron chi connectivity index (χ2n) is 4.74. The number of nitrogens with zero attached hydrogens (tertiary/aromatic N) is 6. The summed E-state index contributed by atoms with van der Waals surface area (Å²) < 4.78 is 4.11. The number of carbonyl (C=O) groups excluding carboxylic acids is 1. The third kappa shape index (κ3) is 3.51. The van der Waals surface area contributed by atoms with E-state index < -0.39 is 6.03 Å². The minimum Gasteiger partial charge on any atom is -0.504 e. The van der Waals surface area contributed by atoms with Gasteiger partial charge in [0.25, 0.3) is 0 Å². The van der Waals surface area contributed by atoms with Crippen molar-refractivity contribution >= 4 is 56.8 Å². The van der Waals surface area contributed by atoms with Gasteiger partial charge in [-0.15, -0.1) is 10.2 Å². The molecule has 0 saturated carbocycles. The van der Waals surface area contributed by atoms with E-state index in [1.807, 2.05) is 6.07 Å². The summed E-state index contributed by atoms with van der Waals surface area (Å²) in [5.74, 6) is -0.123. The van der Waals surface area contributed by atoms with Crippen LogP contribution in [-0.4, -0.2) is 32.5 Å². The van der Waals surface area contributed by atoms with Crippen LogP contribution in [0.15, 0.2) is 28.4 Å². The number of halogens is 1. The second-order valence-corrected chi connectivity index (χ2v) is 5.85. The van der Waals surface area contributed by atoms with Crippen molar-refractivity contribution in [3.8, 4) is 11.8 Å². The Hall–Kier alpha value is -3.36. The fourth-order valence-corrected chi connectivity index (χ4v) is 2.67. The molecule has 0 unspecified atom stereocenters. The Labute approximate surface area is 155 Å². The van der Waals surface area contributed by atoms with Gasteiger partial charge < -0.3 is 10.4 Å². The van der Waals surface area contributed by atoms with Crippen LogP contribution < -0.4 is 10.6 Å². The van der Waals surface area contributed by atoms with Crippen LogP contribution in [0.2, 0.25) is 5.15 Å². The van der Waals surface area contributed by atoms with E-state index in [2.05, 4.69) is 35.2 Å². The molecule has 0 aromatic carbocycles. The number of aromatic nitrogens is 3. The van der Waals surface area contributed by atoms with Gasteiger partial charge in [-0.2, -0.15) is 9.64 Å². The van der Waals surface area contributed by atoms with E-state index in [0.717, 1.165) is 11.5 Å². The molecule has 0 radical (unpaired) electrons. The van der Waals surface area contributed by atoms with Crippen molar-refractivity contribution in [1.82, 2.24) is 19.7 Å². The van der Waals surface area contributed by atoms with E-state index in [1.54, 1.807) is 0 Å². The monoisotopic (exact) mass is 388 g/mol. The number of hydrogen-bond donors (Lipinski definition) is 3. The van der Waals surface area contributed by atoms with Gasteiger partial charge in [-0.1, -0.05) is 11.6 Å². The molecule has 3 N–H and O–H groups in total. The Morgan fingerprint density at radius 1 is 1.38 bits per heavy atom. The molecule has 0 fully saturated rings. The number of nitrogens with one attached hydrogen (secondary N) is 2. The standard InChI is InChI=1S/C14H9ClN8O2S/c1-17-14(25)20-12-8(24)2-3-9(18-12)21-22-13-7-4-6(5-16)10(15)19-11(7)23-26-13/h2-4,24H,1H3,(H2,17,18,20,25). The number of anilines is 1. The van der Waals surface area contributed by atoms with Gasteiger partial charge in [0.05, 0.1) is 10.9 Å². The van der Waals surface area contributed by atoms with Crippen molar-refractivity contribution in [1.29, 1.82) is 5.26 Å². The van der Waals surface area contributed by atoms with E-state index in [-0.39, 0.29) is 28.1 Å². The predicted molar refractivity (Wildman–Crippen MR) is 95.3 cm³/mol. The molecule has 0 bridgehead atoms. The summed E-state index contributed by atoms with van der Waals surface area (Å²) in [4.78, 5) is 19.4. The summed E-state index contributed by atoms with van der Waals surface area (Å²) in [6.45, 7) is 0. The normalized spacial score (nSPS) is 10.8. The third-order valence-corrected chi connectivity index (χ3v) is 4.11. The molecule has 0 aliphatic heterocycles. The lowest BCUT2D eigenvalue weighted by atomic mass is 10.2. The quantitative estimate of drug-likeness (QED) is 0.461. The Bertz CT molecular complexity index is 1070. The van der Waals surface area contributed by atoms with Crippen LogP contribution >= 0.6 is 23.1 Å². The molecule has 3 heterocycles. The molecule has 12 heteroatoms. The molecule has 10 nitrogen and oxygen atoms in total. The van der Waals surface area contributed by atoms with E-state index in [4.69, 9.17) is 16.9 Å². The maximum Gasteiger partial charge on any atom is 0.320 e. The predicted octanol–water partition coefficient (Wildman–Crippen LogP) is 3.48. The summed E-state index contributed by atoms with van der Waals surface area (Å²) in [6, 6.07) is 5.68. The average Bonchev–Trinajstić information content (AvgIpc) is 3.03. The van der Waals surface area contributed by atoms with Crippen molar-refractivity contribution in [2.45, 2.75) is 0 Å². The first-order valence-corrected chi connectivity index (χ1v) is 8.13. The Balaban J connectivity index is 1.93. The molecule has 0 spiro atoms. The van der Waals surface area contributed by atoms with Crippen molar-refractivity contribution in [2.75, 3.05) is 12.4 Å². The van der Waals surface area contributed by atoms with Crippen LogP contribution in [0.25, 0.3) is 11.0 Å². The highest BCUT2D eigenvalue weighted by Crippen LogP contribution is 2.33. The average molecular weight is 389 g/mol. The maximum atomic E-state index is 11.3. The van der Waals surface area contributed by atoms with E-state index in [0.29, 0.717) is 16.0 Å². The van der Waals surface area contributed by atoms with Crippen LogP contribution in [0.1, 0.15) is 5.56 Å². The van der Waals surface area contributed by atoms with Crippen molar-refractivity contribution < 1.29 is 9.90 Å². The number of nitriles is 1. The van der Waals surface area contributed by atoms with Crippen molar-refractivity contribution in [2.24, 2.45) is 10.2 Å². The fourth-order valence-electron chi connectivity index (χ4n) is 1.85. The largest absolute Gasteiger partial charge is 0.504 e. The first-order chi connectivity index (χ1) is 12.5. The zero-order valence-electron chi connectivity index (χ0n) is 13.1. The third-order valence-electron chi connectivity index (χ3n) is 3.09. The Morgan fingerprint density at radius 3 is 2.92 bits per heavy atom. The summed E-state index contributed by atoms with van der Waals surface area (Å²) in [5.41, 5.74) is 0.559. The molecule has 3 aromatic heterocycles. The minimum absolute atomic E-state index is 0.0600. The van der Waals surface area contributed by atoms with Crippen LogP contribution in [0.3, 0.4) is 0 Å². The highest BCUT2D eigenvalue weighted by molar-refractivity contribution is 7.11. The lowest BCUT2D eigenvalue weighted by molar-refractivity contribution is 0.253. The van der Waals surface area contributed by atoms with Gasteiger partial charge in [0.15, 0.2) is 28.0 Å². The summed E-state index contributed by atoms with van der Waals surface area (Å²) in [6.07, 6.45) is 0. The van der Waals surface area contributed by atoms with E-state index in [9.17, 15) is 9.90 Å². The van der Waals surface area contributed by atoms with E-state index in [1.165, 1.54) is 25.2 Å². The lowest BCUT2D eigenvalue weighted by Gasteiger charge is -2.05. The topological polar surface area (TPSA) is 149 Å². The van der Waals surface area contributed by atoms with Crippen LogP contribution in [-0.2, 0) is 0 Å². The number of aromatic hydroxyl groups is 1. The first kappa shape index (κ1) is 17.5. The zero-order chi connectivity index (χ0) is 18.7. The molecule has 26 heavy (non-hydrogen) atoms. The second kappa shape index (κ2) is 7.26. The summed E-state index contributed by atoms with van der Waals surface area (Å²) >= 11 is 6.91. The Morgan fingerprint density at radius 2 is 2.19 bits per heavy atom. The van der Waals surface area contributed by atoms with Crippen molar-refractivity contribution in [3.63, 3.8) is 0 Å². The molecule has 3 rings (SSSR count). The van der Waals surface area contributed by atoms with Gasteiger partial charge >= 0.3 is 6.03 Å². The van der Waals surface area contributed by atoms with Crippen LogP contribution in [0.5, 0.6) is 5.75 Å². The van der Waals surface area contributed by atoms with Gasteiger partial charge in [0.1, 0.15) is 11.2 Å². The highest BCUT2D eigenvalue weighted by atomic mass is 35.5. The molecule has 2 amide bonds. The molecule has 130 valence electrons. The molecule has 3 aromatic rings. The first-order valence-electron chi connectivity index (χ1n) is 6.98. The number of pyridine rings is 2. The van der Waals surface area contributed by atoms with Crippen molar-refractivity contribution in [3.05, 3.63) is 28.9 Å². The van der Waals surface area contributed by atoms with Crippen LogP contribution in [0, 0.1) is 11.3 Å². The minimum atomic E-state index is -0.540. The van der Waals surface area contributed by atoms with Gasteiger partial charge in [-0.3, -0.25) is 5.32 Å². The number of hydrogen-bond acceptors (Lipinski definition) is 9. The van der Waals surface area contributed by atoms with Gasteiger partial charge in [0.2, 0.25) is 0 Å². The molecule has 0 aliphatic rings. The Kier molecular flexibility index (Phi) is 4.87. The highest BCUT2D eigenvalue weighted by Gasteiger charge is 2.12. The molecule has 0 saturated heterocycles. The number of rotatable bonds is 3. The summed E-state index contributed by atoms with van der Waals surface area (Å²) in [7, 11) is 1.43. The SMILES string of the molecule is CNC(=O)Nc1nc(N=Nc2snc3nc(Cl)c(C#N)cc23)ccc1O. The number of fused-ring (bicyclic) bond motifs is 1. The smallest absolute Gasteiger partial charge is 0.320 e. The lowest BCUT2D eigenvalue weighted by Crippen LogP contribution is -2.24. The molecular weight excluding hydrogens is 380 g/mol. The van der Waals surface area contributed by atoms with Gasteiger partial charge in [-0.25, -0.2) is 14.8 Å². The maximum absolute atomic E-state index is 11.3. The molecule has 0 aliphatic carbocycles. The number of azo groups is 1. The molecular formula is C14H9ClN8O2S. The zero-order valence-corrected chi connectivity index (χ0v) is 14.6. The number of urea groups is 1. The summed E-state index contributed by atoms with van der Waals surface area (Å²) in [5, 5.41) is 32.5. The molecule has 0 atom stereocenters. The van der Waals surface area contributed by atoms with Gasteiger partial charge in [0, 0.05) is 7.05 Å².